The highest BCUT2D eigenvalue weighted by atomic mass is 19.3. The highest BCUT2D eigenvalue weighted by molar-refractivity contribution is 6.06. The molecule has 1 aliphatic rings. The van der Waals surface area contributed by atoms with Crippen molar-refractivity contribution in [1.82, 2.24) is 0 Å². The van der Waals surface area contributed by atoms with Gasteiger partial charge in [0.1, 0.15) is 0 Å². The minimum Gasteiger partial charge on any atom is -0.487 e. The molecule has 0 bridgehead atoms. The Balaban J connectivity index is 1.47. The van der Waals surface area contributed by atoms with Gasteiger partial charge in [0, 0.05) is 10.8 Å². The van der Waals surface area contributed by atoms with E-state index in [2.05, 4.69) is 0 Å². The standard InChI is InChI=1S/C27H24F4O3/c1-2-5-16-8-10-17(11-9-16)27(30,31)34-22-15-13-20-19-12-14-21(32-18-6-3-4-7-18)23(28)25(19)33-26(20)24(22)29/h8-15,18H,2-7H2,1H3. The summed E-state index contributed by atoms with van der Waals surface area (Å²) >= 11 is 0. The Labute approximate surface area is 194 Å². The van der Waals surface area contributed by atoms with Crippen LogP contribution in [0.5, 0.6) is 11.5 Å². The van der Waals surface area contributed by atoms with Crippen LogP contribution in [0.1, 0.15) is 50.2 Å². The maximum atomic E-state index is 15.2. The van der Waals surface area contributed by atoms with Gasteiger partial charge in [-0.2, -0.15) is 17.6 Å². The van der Waals surface area contributed by atoms with Gasteiger partial charge in [-0.05, 0) is 74.1 Å². The molecule has 1 fully saturated rings. The zero-order valence-corrected chi connectivity index (χ0v) is 18.7. The number of fused-ring (bicyclic) bond motifs is 3. The van der Waals surface area contributed by atoms with Crippen LogP contribution in [0.25, 0.3) is 21.9 Å². The second-order valence-electron chi connectivity index (χ2n) is 8.70. The first-order valence-corrected chi connectivity index (χ1v) is 11.5. The predicted molar refractivity (Wildman–Crippen MR) is 121 cm³/mol. The number of rotatable bonds is 7. The van der Waals surface area contributed by atoms with E-state index in [1.807, 2.05) is 6.92 Å². The third-order valence-corrected chi connectivity index (χ3v) is 6.28. The Bertz CT molecular complexity index is 1320. The van der Waals surface area contributed by atoms with Gasteiger partial charge in [-0.1, -0.05) is 25.5 Å². The van der Waals surface area contributed by atoms with E-state index in [1.54, 1.807) is 18.2 Å². The molecule has 0 unspecified atom stereocenters. The van der Waals surface area contributed by atoms with Crippen molar-refractivity contribution in [3.05, 3.63) is 71.3 Å². The predicted octanol–water partition coefficient (Wildman–Crippen LogP) is 8.27. The number of hydrogen-bond acceptors (Lipinski definition) is 3. The van der Waals surface area contributed by atoms with Gasteiger partial charge in [0.15, 0.2) is 22.7 Å². The summed E-state index contributed by atoms with van der Waals surface area (Å²) in [5.41, 5.74) is 0.00441. The lowest BCUT2D eigenvalue weighted by molar-refractivity contribution is -0.186. The molecule has 3 nitrogen and oxygen atoms in total. The quantitative estimate of drug-likeness (QED) is 0.254. The Kier molecular flexibility index (Phi) is 5.88. The Morgan fingerprint density at radius 2 is 1.44 bits per heavy atom. The van der Waals surface area contributed by atoms with E-state index in [9.17, 15) is 8.78 Å². The van der Waals surface area contributed by atoms with Crippen LogP contribution in [0.2, 0.25) is 0 Å². The number of hydrogen-bond donors (Lipinski definition) is 0. The second kappa shape index (κ2) is 8.85. The highest BCUT2D eigenvalue weighted by Crippen LogP contribution is 2.40. The number of aryl methyl sites for hydroxylation is 1. The molecule has 5 rings (SSSR count). The van der Waals surface area contributed by atoms with Gasteiger partial charge in [-0.3, -0.25) is 0 Å². The molecule has 178 valence electrons. The van der Waals surface area contributed by atoms with Gasteiger partial charge in [0.05, 0.1) is 11.7 Å². The summed E-state index contributed by atoms with van der Waals surface area (Å²) in [4.78, 5) is 0. The lowest BCUT2D eigenvalue weighted by Gasteiger charge is -2.19. The molecular weight excluding hydrogens is 448 g/mol. The second-order valence-corrected chi connectivity index (χ2v) is 8.70. The van der Waals surface area contributed by atoms with E-state index < -0.39 is 29.1 Å². The Hall–Kier alpha value is -3.22. The molecule has 34 heavy (non-hydrogen) atoms. The van der Waals surface area contributed by atoms with Crippen molar-refractivity contribution in [3.63, 3.8) is 0 Å². The van der Waals surface area contributed by atoms with Gasteiger partial charge in [-0.15, -0.1) is 0 Å². The lowest BCUT2D eigenvalue weighted by atomic mass is 10.1. The van der Waals surface area contributed by atoms with Crippen LogP contribution >= 0.6 is 0 Å². The molecule has 0 saturated heterocycles. The minimum absolute atomic E-state index is 0.0355. The van der Waals surface area contributed by atoms with Gasteiger partial charge < -0.3 is 13.9 Å². The summed E-state index contributed by atoms with van der Waals surface area (Å²) in [7, 11) is 0. The van der Waals surface area contributed by atoms with Crippen molar-refractivity contribution in [3.8, 4) is 11.5 Å². The van der Waals surface area contributed by atoms with Crippen molar-refractivity contribution in [2.45, 2.75) is 57.7 Å². The fourth-order valence-corrected chi connectivity index (χ4v) is 4.51. The monoisotopic (exact) mass is 472 g/mol. The van der Waals surface area contributed by atoms with Crippen LogP contribution in [0.4, 0.5) is 17.6 Å². The molecule has 0 aliphatic heterocycles. The van der Waals surface area contributed by atoms with Gasteiger partial charge in [-0.25, -0.2) is 0 Å². The zero-order chi connectivity index (χ0) is 23.9. The molecule has 1 heterocycles. The summed E-state index contributed by atoms with van der Waals surface area (Å²) in [6.07, 6.45) is 1.59. The van der Waals surface area contributed by atoms with Crippen LogP contribution < -0.4 is 9.47 Å². The van der Waals surface area contributed by atoms with Gasteiger partial charge >= 0.3 is 6.11 Å². The van der Waals surface area contributed by atoms with Crippen molar-refractivity contribution in [2.75, 3.05) is 0 Å². The number of alkyl halides is 2. The third-order valence-electron chi connectivity index (χ3n) is 6.28. The van der Waals surface area contributed by atoms with Gasteiger partial charge in [0.25, 0.3) is 0 Å². The molecule has 0 radical (unpaired) electrons. The Morgan fingerprint density at radius 3 is 2.06 bits per heavy atom. The van der Waals surface area contributed by atoms with Crippen molar-refractivity contribution < 1.29 is 31.5 Å². The first kappa shape index (κ1) is 22.6. The van der Waals surface area contributed by atoms with E-state index in [-0.39, 0.29) is 28.4 Å². The van der Waals surface area contributed by atoms with Gasteiger partial charge in [0.2, 0.25) is 11.6 Å². The largest absolute Gasteiger partial charge is 0.487 e. The summed E-state index contributed by atoms with van der Waals surface area (Å²) in [5.74, 6) is -2.50. The van der Waals surface area contributed by atoms with Crippen LogP contribution in [0.15, 0.2) is 52.9 Å². The summed E-state index contributed by atoms with van der Waals surface area (Å²) in [6, 6.07) is 11.3. The highest BCUT2D eigenvalue weighted by Gasteiger charge is 2.36. The topological polar surface area (TPSA) is 31.6 Å². The van der Waals surface area contributed by atoms with Crippen molar-refractivity contribution >= 4 is 21.9 Å². The molecule has 0 spiro atoms. The summed E-state index contributed by atoms with van der Waals surface area (Å²) in [5, 5.41) is 0.591. The average Bonchev–Trinajstić information content (AvgIpc) is 3.47. The normalized spacial score (nSPS) is 14.9. The fraction of sp³-hybridized carbons (Fsp3) is 0.333. The molecule has 7 heteroatoms. The molecule has 3 aromatic carbocycles. The molecule has 1 saturated carbocycles. The molecular formula is C27H24F4O3. The minimum atomic E-state index is -3.77. The fourth-order valence-electron chi connectivity index (χ4n) is 4.51. The van der Waals surface area contributed by atoms with E-state index in [0.29, 0.717) is 5.39 Å². The molecule has 0 atom stereocenters. The number of furan rings is 1. The van der Waals surface area contributed by atoms with Crippen LogP contribution in [-0.2, 0) is 12.5 Å². The molecule has 1 aliphatic carbocycles. The van der Waals surface area contributed by atoms with Crippen LogP contribution in [0.3, 0.4) is 0 Å². The SMILES string of the molecule is CCCc1ccc(C(F)(F)Oc2ccc3c(oc4c(F)c(OC5CCCC5)ccc43)c2F)cc1. The van der Waals surface area contributed by atoms with E-state index in [4.69, 9.17) is 13.9 Å². The van der Waals surface area contributed by atoms with Crippen LogP contribution in [0, 0.1) is 11.6 Å². The average molecular weight is 472 g/mol. The first-order valence-electron chi connectivity index (χ1n) is 11.5. The molecule has 4 aromatic rings. The molecule has 0 N–H and O–H groups in total. The zero-order valence-electron chi connectivity index (χ0n) is 18.7. The Morgan fingerprint density at radius 1 is 0.853 bits per heavy atom. The number of ether oxygens (including phenoxy) is 2. The lowest BCUT2D eigenvalue weighted by Crippen LogP contribution is -2.22. The maximum absolute atomic E-state index is 15.2. The number of benzene rings is 3. The maximum Gasteiger partial charge on any atom is 0.426 e. The van der Waals surface area contributed by atoms with E-state index in [1.165, 1.54) is 24.3 Å². The van der Waals surface area contributed by atoms with Crippen LogP contribution in [-0.4, -0.2) is 6.10 Å². The summed E-state index contributed by atoms with van der Waals surface area (Å²) < 4.78 is 75.8. The smallest absolute Gasteiger partial charge is 0.426 e. The number of halogens is 4. The molecule has 0 amide bonds. The van der Waals surface area contributed by atoms with E-state index in [0.717, 1.165) is 50.2 Å². The van der Waals surface area contributed by atoms with Crippen molar-refractivity contribution in [1.29, 1.82) is 0 Å². The summed E-state index contributed by atoms with van der Waals surface area (Å²) in [6.45, 7) is 2.00. The van der Waals surface area contributed by atoms with Crippen molar-refractivity contribution in [2.24, 2.45) is 0 Å². The van der Waals surface area contributed by atoms with E-state index >= 15 is 8.78 Å². The first-order chi connectivity index (χ1) is 16.4. The molecule has 1 aromatic heterocycles. The third kappa shape index (κ3) is 4.08.